The molecule has 1 amide bonds. The van der Waals surface area contributed by atoms with Crippen molar-refractivity contribution in [3.63, 3.8) is 0 Å². The molecule has 8 heteroatoms. The van der Waals surface area contributed by atoms with Crippen molar-refractivity contribution in [3.8, 4) is 5.00 Å². The van der Waals surface area contributed by atoms with Gasteiger partial charge in [-0.3, -0.25) is 4.79 Å². The van der Waals surface area contributed by atoms with Crippen molar-refractivity contribution in [1.29, 1.82) is 0 Å². The topological polar surface area (TPSA) is 79.7 Å². The van der Waals surface area contributed by atoms with Crippen LogP contribution in [-0.2, 0) is 0 Å². The zero-order valence-corrected chi connectivity index (χ0v) is 13.7. The minimum atomic E-state index is 0.0634. The maximum Gasteiger partial charge on any atom is 0.256 e. The van der Waals surface area contributed by atoms with Crippen LogP contribution in [0.15, 0.2) is 23.6 Å². The average Bonchev–Trinajstić information content (AvgIpc) is 3.19. The van der Waals surface area contributed by atoms with E-state index in [1.54, 1.807) is 11.3 Å². The maximum absolute atomic E-state index is 12.8. The Bertz CT molecular complexity index is 824. The van der Waals surface area contributed by atoms with E-state index in [0.717, 1.165) is 22.0 Å². The molecule has 0 atom stereocenters. The molecule has 0 spiro atoms. The average molecular weight is 328 g/mol. The normalized spacial score (nSPS) is 15.0. The Morgan fingerprint density at radius 1 is 1.26 bits per heavy atom. The largest absolute Gasteiger partial charge is 0.337 e. The fourth-order valence-corrected chi connectivity index (χ4v) is 3.96. The lowest BCUT2D eigenvalue weighted by atomic mass is 9.98. The lowest BCUT2D eigenvalue weighted by Crippen LogP contribution is -2.49. The molecule has 0 unspecified atom stereocenters. The first-order valence-electron chi connectivity index (χ1n) is 7.40. The lowest BCUT2D eigenvalue weighted by molar-refractivity contribution is 0.0595. The second-order valence-electron chi connectivity index (χ2n) is 5.77. The van der Waals surface area contributed by atoms with Crippen LogP contribution in [0.25, 0.3) is 5.00 Å². The molecule has 1 saturated heterocycles. The maximum atomic E-state index is 12.8. The van der Waals surface area contributed by atoms with E-state index in [-0.39, 0.29) is 11.8 Å². The SMILES string of the molecule is Cc1ccc(C)n1-c1sccc1C(=O)N1CC(c2nn[nH]n2)C1. The fraction of sp³-hybridized carbons (Fsp3) is 0.333. The Morgan fingerprint density at radius 2 is 2.00 bits per heavy atom. The molecule has 0 aliphatic carbocycles. The van der Waals surface area contributed by atoms with E-state index in [9.17, 15) is 4.79 Å². The number of nitrogens with one attached hydrogen (secondary N) is 1. The van der Waals surface area contributed by atoms with E-state index in [0.29, 0.717) is 18.9 Å². The van der Waals surface area contributed by atoms with Crippen LogP contribution in [0.1, 0.15) is 33.5 Å². The zero-order chi connectivity index (χ0) is 16.0. The number of amides is 1. The summed E-state index contributed by atoms with van der Waals surface area (Å²) in [7, 11) is 0. The highest BCUT2D eigenvalue weighted by atomic mass is 32.1. The van der Waals surface area contributed by atoms with E-state index < -0.39 is 0 Å². The van der Waals surface area contributed by atoms with Crippen LogP contribution in [0, 0.1) is 13.8 Å². The molecular weight excluding hydrogens is 312 g/mol. The summed E-state index contributed by atoms with van der Waals surface area (Å²) in [6.45, 7) is 5.38. The molecule has 7 nitrogen and oxygen atoms in total. The molecule has 4 heterocycles. The number of aromatic nitrogens is 5. The molecule has 0 radical (unpaired) electrons. The lowest BCUT2D eigenvalue weighted by Gasteiger charge is -2.37. The van der Waals surface area contributed by atoms with Crippen molar-refractivity contribution >= 4 is 17.2 Å². The number of aromatic amines is 1. The van der Waals surface area contributed by atoms with Gasteiger partial charge in [0.1, 0.15) is 5.00 Å². The molecule has 1 fully saturated rings. The van der Waals surface area contributed by atoms with Gasteiger partial charge in [0.2, 0.25) is 0 Å². The summed E-state index contributed by atoms with van der Waals surface area (Å²) in [4.78, 5) is 14.6. The van der Waals surface area contributed by atoms with Gasteiger partial charge in [-0.25, -0.2) is 0 Å². The zero-order valence-electron chi connectivity index (χ0n) is 12.9. The van der Waals surface area contributed by atoms with Gasteiger partial charge in [-0.15, -0.1) is 21.5 Å². The third-order valence-electron chi connectivity index (χ3n) is 4.25. The molecule has 3 aromatic rings. The molecular formula is C15H16N6OS. The first-order chi connectivity index (χ1) is 11.1. The Morgan fingerprint density at radius 3 is 2.65 bits per heavy atom. The van der Waals surface area contributed by atoms with Gasteiger partial charge in [0.15, 0.2) is 5.82 Å². The van der Waals surface area contributed by atoms with Crippen LogP contribution in [0.5, 0.6) is 0 Å². The number of likely N-dealkylation sites (tertiary alicyclic amines) is 1. The van der Waals surface area contributed by atoms with Gasteiger partial charge >= 0.3 is 0 Å². The molecule has 0 aromatic carbocycles. The van der Waals surface area contributed by atoms with Gasteiger partial charge < -0.3 is 9.47 Å². The highest BCUT2D eigenvalue weighted by molar-refractivity contribution is 7.13. The van der Waals surface area contributed by atoms with E-state index in [2.05, 4.69) is 51.2 Å². The summed E-state index contributed by atoms with van der Waals surface area (Å²) in [5.41, 5.74) is 3.02. The molecule has 3 aromatic heterocycles. The van der Waals surface area contributed by atoms with Crippen LogP contribution in [0.4, 0.5) is 0 Å². The molecule has 0 bridgehead atoms. The smallest absolute Gasteiger partial charge is 0.256 e. The fourth-order valence-electron chi connectivity index (χ4n) is 2.95. The molecule has 1 aliphatic rings. The van der Waals surface area contributed by atoms with E-state index in [1.807, 2.05) is 16.3 Å². The van der Waals surface area contributed by atoms with Gasteiger partial charge in [-0.1, -0.05) is 5.21 Å². The van der Waals surface area contributed by atoms with Crippen molar-refractivity contribution in [3.05, 3.63) is 46.4 Å². The van der Waals surface area contributed by atoms with Crippen LogP contribution >= 0.6 is 11.3 Å². The van der Waals surface area contributed by atoms with Gasteiger partial charge in [0, 0.05) is 24.5 Å². The van der Waals surface area contributed by atoms with Gasteiger partial charge in [-0.2, -0.15) is 5.21 Å². The number of carbonyl (C=O) groups excluding carboxylic acids is 1. The number of carbonyl (C=O) groups is 1. The predicted octanol–water partition coefficient (Wildman–Crippen LogP) is 1.91. The van der Waals surface area contributed by atoms with Gasteiger partial charge in [0.05, 0.1) is 11.5 Å². The second-order valence-corrected chi connectivity index (χ2v) is 6.66. The number of hydrogen-bond donors (Lipinski definition) is 1. The minimum Gasteiger partial charge on any atom is -0.337 e. The third kappa shape index (κ3) is 2.26. The van der Waals surface area contributed by atoms with Gasteiger partial charge in [-0.05, 0) is 37.4 Å². The summed E-state index contributed by atoms with van der Waals surface area (Å²) >= 11 is 1.59. The molecule has 0 saturated carbocycles. The Labute approximate surface area is 136 Å². The van der Waals surface area contributed by atoms with Crippen molar-refractivity contribution in [2.24, 2.45) is 0 Å². The number of hydrogen-bond acceptors (Lipinski definition) is 5. The number of tetrazole rings is 1. The van der Waals surface area contributed by atoms with E-state index >= 15 is 0 Å². The van der Waals surface area contributed by atoms with Crippen LogP contribution in [0.3, 0.4) is 0 Å². The first kappa shape index (κ1) is 14.1. The van der Waals surface area contributed by atoms with E-state index in [1.165, 1.54) is 0 Å². The molecule has 1 aliphatic heterocycles. The highest BCUT2D eigenvalue weighted by Crippen LogP contribution is 2.30. The monoisotopic (exact) mass is 328 g/mol. The molecule has 1 N–H and O–H groups in total. The summed E-state index contributed by atoms with van der Waals surface area (Å²) in [5, 5.41) is 17.0. The van der Waals surface area contributed by atoms with Crippen molar-refractivity contribution in [2.75, 3.05) is 13.1 Å². The number of rotatable bonds is 3. The summed E-state index contributed by atoms with van der Waals surface area (Å²) in [6.07, 6.45) is 0. The Balaban J connectivity index is 1.56. The second kappa shape index (κ2) is 5.31. The predicted molar refractivity (Wildman–Crippen MR) is 85.9 cm³/mol. The quantitative estimate of drug-likeness (QED) is 0.796. The molecule has 118 valence electrons. The standard InChI is InChI=1S/C15H16N6OS/c1-9-3-4-10(2)21(9)15-12(5-6-23-15)14(22)20-7-11(8-20)13-16-18-19-17-13/h3-6,11H,7-8H2,1-2H3,(H,16,17,18,19). The van der Waals surface area contributed by atoms with Crippen LogP contribution < -0.4 is 0 Å². The highest BCUT2D eigenvalue weighted by Gasteiger charge is 2.36. The molecule has 4 rings (SSSR count). The third-order valence-corrected chi connectivity index (χ3v) is 5.14. The Hall–Kier alpha value is -2.48. The minimum absolute atomic E-state index is 0.0634. The first-order valence-corrected chi connectivity index (χ1v) is 8.28. The van der Waals surface area contributed by atoms with Crippen LogP contribution in [0.2, 0.25) is 0 Å². The summed E-state index contributed by atoms with van der Waals surface area (Å²) in [5.74, 6) is 0.917. The van der Waals surface area contributed by atoms with Crippen LogP contribution in [-0.4, -0.2) is 49.1 Å². The number of aryl methyl sites for hydroxylation is 2. The number of nitrogens with zero attached hydrogens (tertiary/aromatic N) is 5. The number of thiophene rings is 1. The van der Waals surface area contributed by atoms with E-state index in [4.69, 9.17) is 0 Å². The van der Waals surface area contributed by atoms with Crippen molar-refractivity contribution in [1.82, 2.24) is 30.1 Å². The Kier molecular flexibility index (Phi) is 3.26. The van der Waals surface area contributed by atoms with Crippen molar-refractivity contribution in [2.45, 2.75) is 19.8 Å². The van der Waals surface area contributed by atoms with Crippen molar-refractivity contribution < 1.29 is 4.79 Å². The van der Waals surface area contributed by atoms with Gasteiger partial charge in [0.25, 0.3) is 5.91 Å². The summed E-state index contributed by atoms with van der Waals surface area (Å²) < 4.78 is 2.13. The molecule has 23 heavy (non-hydrogen) atoms. The summed E-state index contributed by atoms with van der Waals surface area (Å²) in [6, 6.07) is 6.04. The number of H-pyrrole nitrogens is 1.